The lowest BCUT2D eigenvalue weighted by atomic mass is 10.2. The van der Waals surface area contributed by atoms with Crippen LogP contribution in [-0.4, -0.2) is 33.9 Å². The summed E-state index contributed by atoms with van der Waals surface area (Å²) in [5.41, 5.74) is 0. The van der Waals surface area contributed by atoms with Gasteiger partial charge in [0.2, 0.25) is 5.91 Å². The van der Waals surface area contributed by atoms with E-state index in [9.17, 15) is 9.59 Å². The van der Waals surface area contributed by atoms with E-state index >= 15 is 0 Å². The molecule has 0 atom stereocenters. The van der Waals surface area contributed by atoms with Gasteiger partial charge in [0.15, 0.2) is 0 Å². The average Bonchev–Trinajstić information content (AvgIpc) is 3.17. The van der Waals surface area contributed by atoms with Crippen LogP contribution in [0.1, 0.15) is 13.8 Å². The maximum Gasteiger partial charge on any atom is 0.321 e. The maximum absolute atomic E-state index is 11.8. The molecule has 0 aliphatic heterocycles. The Bertz CT molecular complexity index is 954. The van der Waals surface area contributed by atoms with Crippen molar-refractivity contribution in [1.29, 1.82) is 0 Å². The van der Waals surface area contributed by atoms with Crippen molar-refractivity contribution < 1.29 is 14.0 Å². The molecule has 3 aromatic rings. The summed E-state index contributed by atoms with van der Waals surface area (Å²) >= 11 is 8.90. The molecule has 0 aliphatic rings. The molecule has 0 fully saturated rings. The van der Waals surface area contributed by atoms with Crippen molar-refractivity contribution in [3.63, 3.8) is 0 Å². The smallest absolute Gasteiger partial charge is 0.321 e. The number of benzene rings is 1. The molecule has 3 rings (SSSR count). The number of nitrogens with one attached hydrogen (secondary N) is 2. The van der Waals surface area contributed by atoms with Gasteiger partial charge in [-0.15, -0.1) is 21.5 Å². The third kappa shape index (κ3) is 4.35. The second-order valence-electron chi connectivity index (χ2n) is 5.58. The molecule has 0 aliphatic carbocycles. The molecular formula is C16H15ClN4O3S2. The lowest BCUT2D eigenvalue weighted by molar-refractivity contribution is -0.117. The molecule has 7 nitrogen and oxygen atoms in total. The minimum Gasteiger partial charge on any atom is -0.410 e. The van der Waals surface area contributed by atoms with E-state index in [0.717, 1.165) is 21.8 Å². The first kappa shape index (κ1) is 18.7. The van der Waals surface area contributed by atoms with Crippen molar-refractivity contribution in [1.82, 2.24) is 20.8 Å². The van der Waals surface area contributed by atoms with Gasteiger partial charge in [-0.1, -0.05) is 41.6 Å². The van der Waals surface area contributed by atoms with Crippen molar-refractivity contribution in [2.75, 3.05) is 5.75 Å². The number of urea groups is 1. The number of nitrogens with zero attached hydrogens (tertiary/aromatic N) is 2. The van der Waals surface area contributed by atoms with Gasteiger partial charge in [-0.3, -0.25) is 10.1 Å². The van der Waals surface area contributed by atoms with Crippen LogP contribution < -0.4 is 10.6 Å². The number of fused-ring (bicyclic) bond motifs is 1. The van der Waals surface area contributed by atoms with Gasteiger partial charge in [-0.25, -0.2) is 4.79 Å². The van der Waals surface area contributed by atoms with Gasteiger partial charge in [0.1, 0.15) is 4.88 Å². The van der Waals surface area contributed by atoms with E-state index in [4.69, 9.17) is 16.0 Å². The molecule has 0 saturated heterocycles. The molecule has 26 heavy (non-hydrogen) atoms. The topological polar surface area (TPSA) is 97.1 Å². The number of carbonyl (C=O) groups excluding carboxylic acids is 2. The van der Waals surface area contributed by atoms with E-state index in [1.807, 2.05) is 24.3 Å². The van der Waals surface area contributed by atoms with Crippen LogP contribution in [0.5, 0.6) is 0 Å². The van der Waals surface area contributed by atoms with E-state index in [0.29, 0.717) is 15.8 Å². The highest BCUT2D eigenvalue weighted by Crippen LogP contribution is 2.41. The Kier molecular flexibility index (Phi) is 5.80. The number of imide groups is 1. The van der Waals surface area contributed by atoms with Crippen LogP contribution in [0.3, 0.4) is 0 Å². The number of amides is 3. The molecule has 0 radical (unpaired) electrons. The number of rotatable bonds is 5. The quantitative estimate of drug-likeness (QED) is 0.618. The highest BCUT2D eigenvalue weighted by atomic mass is 35.5. The summed E-state index contributed by atoms with van der Waals surface area (Å²) in [5.74, 6) is -0.169. The number of hydrogen-bond donors (Lipinski definition) is 2. The third-order valence-corrected chi connectivity index (χ3v) is 5.62. The van der Waals surface area contributed by atoms with E-state index in [2.05, 4.69) is 20.8 Å². The molecule has 3 amide bonds. The summed E-state index contributed by atoms with van der Waals surface area (Å²) in [4.78, 5) is 23.9. The van der Waals surface area contributed by atoms with Crippen LogP contribution in [0.2, 0.25) is 5.02 Å². The molecule has 2 heterocycles. The predicted octanol–water partition coefficient (Wildman–Crippen LogP) is 3.93. The van der Waals surface area contributed by atoms with E-state index in [1.54, 1.807) is 13.8 Å². The number of thiophene rings is 1. The van der Waals surface area contributed by atoms with Crippen LogP contribution >= 0.6 is 34.7 Å². The van der Waals surface area contributed by atoms with Crippen molar-refractivity contribution in [2.45, 2.75) is 25.1 Å². The van der Waals surface area contributed by atoms with E-state index < -0.39 is 11.9 Å². The second kappa shape index (κ2) is 8.07. The van der Waals surface area contributed by atoms with Gasteiger partial charge in [0, 0.05) is 16.1 Å². The lowest BCUT2D eigenvalue weighted by Gasteiger charge is -2.08. The molecule has 0 spiro atoms. The Hall–Kier alpha value is -2.10. The Labute approximate surface area is 162 Å². The Balaban J connectivity index is 1.64. The molecule has 0 bridgehead atoms. The normalized spacial score (nSPS) is 11.1. The number of thioether (sulfide) groups is 1. The Morgan fingerprint density at radius 2 is 2.08 bits per heavy atom. The van der Waals surface area contributed by atoms with Crippen molar-refractivity contribution in [3.8, 4) is 10.8 Å². The zero-order valence-electron chi connectivity index (χ0n) is 13.9. The van der Waals surface area contributed by atoms with Crippen molar-refractivity contribution in [2.24, 2.45) is 0 Å². The fraction of sp³-hybridized carbons (Fsp3) is 0.250. The number of aromatic nitrogens is 2. The molecule has 0 saturated carbocycles. The molecule has 10 heteroatoms. The first-order valence-corrected chi connectivity index (χ1v) is 9.86. The van der Waals surface area contributed by atoms with Crippen LogP contribution in [0.4, 0.5) is 4.79 Å². The van der Waals surface area contributed by atoms with Crippen LogP contribution in [0, 0.1) is 0 Å². The number of carbonyl (C=O) groups is 2. The van der Waals surface area contributed by atoms with Gasteiger partial charge in [-0.05, 0) is 19.9 Å². The van der Waals surface area contributed by atoms with Crippen LogP contribution in [-0.2, 0) is 4.79 Å². The molecule has 2 N–H and O–H groups in total. The molecule has 2 aromatic heterocycles. The summed E-state index contributed by atoms with van der Waals surface area (Å²) < 4.78 is 6.61. The Morgan fingerprint density at radius 1 is 1.31 bits per heavy atom. The SMILES string of the molecule is CC(C)NC(=O)NC(=O)CSc1nnc(-c2sc3ccccc3c2Cl)o1. The van der Waals surface area contributed by atoms with Gasteiger partial charge in [0.25, 0.3) is 11.1 Å². The van der Waals surface area contributed by atoms with Gasteiger partial charge < -0.3 is 9.73 Å². The monoisotopic (exact) mass is 410 g/mol. The zero-order chi connectivity index (χ0) is 18.7. The summed E-state index contributed by atoms with van der Waals surface area (Å²) in [5, 5.41) is 14.4. The van der Waals surface area contributed by atoms with Gasteiger partial charge >= 0.3 is 6.03 Å². The first-order valence-electron chi connectivity index (χ1n) is 7.68. The predicted molar refractivity (Wildman–Crippen MR) is 103 cm³/mol. The lowest BCUT2D eigenvalue weighted by Crippen LogP contribution is -2.43. The fourth-order valence-corrected chi connectivity index (χ4v) is 4.10. The number of halogens is 1. The third-order valence-electron chi connectivity index (χ3n) is 3.14. The second-order valence-corrected chi connectivity index (χ2v) is 7.94. The zero-order valence-corrected chi connectivity index (χ0v) is 16.3. The first-order chi connectivity index (χ1) is 12.4. The standard InChI is InChI=1S/C16H15ClN4O3S2/c1-8(2)18-15(23)19-11(22)7-25-16-21-20-14(24-16)13-12(17)9-5-3-4-6-10(9)26-13/h3-6,8H,7H2,1-2H3,(H2,18,19,22,23). The minimum absolute atomic E-state index is 0.0205. The average molecular weight is 411 g/mol. The van der Waals surface area contributed by atoms with E-state index in [1.165, 1.54) is 11.3 Å². The van der Waals surface area contributed by atoms with Gasteiger partial charge in [-0.2, -0.15) is 0 Å². The number of hydrogen-bond acceptors (Lipinski definition) is 7. The van der Waals surface area contributed by atoms with Crippen molar-refractivity contribution >= 4 is 56.7 Å². The largest absolute Gasteiger partial charge is 0.410 e. The van der Waals surface area contributed by atoms with Crippen molar-refractivity contribution in [3.05, 3.63) is 29.3 Å². The highest BCUT2D eigenvalue weighted by molar-refractivity contribution is 7.99. The fourth-order valence-electron chi connectivity index (χ4n) is 2.10. The molecular weight excluding hydrogens is 396 g/mol. The van der Waals surface area contributed by atoms with Crippen LogP contribution in [0.25, 0.3) is 20.9 Å². The molecule has 136 valence electrons. The van der Waals surface area contributed by atoms with Crippen LogP contribution in [0.15, 0.2) is 33.9 Å². The maximum atomic E-state index is 11.8. The molecule has 1 aromatic carbocycles. The Morgan fingerprint density at radius 3 is 2.81 bits per heavy atom. The summed E-state index contributed by atoms with van der Waals surface area (Å²) in [7, 11) is 0. The summed E-state index contributed by atoms with van der Waals surface area (Å²) in [6, 6.07) is 7.15. The molecule has 0 unspecified atom stereocenters. The summed E-state index contributed by atoms with van der Waals surface area (Å²) in [6.45, 7) is 3.61. The highest BCUT2D eigenvalue weighted by Gasteiger charge is 2.18. The minimum atomic E-state index is -0.533. The van der Waals surface area contributed by atoms with Gasteiger partial charge in [0.05, 0.1) is 10.8 Å². The van der Waals surface area contributed by atoms with E-state index in [-0.39, 0.29) is 17.0 Å². The summed E-state index contributed by atoms with van der Waals surface area (Å²) in [6.07, 6.45) is 0.